The summed E-state index contributed by atoms with van der Waals surface area (Å²) in [5, 5.41) is 0. The SMILES string of the molecule is CCOCCCC=O.[H-].[H-].[Mg+2]. The third-order valence-electron chi connectivity index (χ3n) is 0.815. The Morgan fingerprint density at radius 1 is 1.67 bits per heavy atom. The van der Waals surface area contributed by atoms with Gasteiger partial charge in [0.05, 0.1) is 0 Å². The first kappa shape index (κ1) is 12.1. The number of carbonyl (C=O) groups excluding carboxylic acids is 1. The molecule has 0 bridgehead atoms. The molecule has 0 radical (unpaired) electrons. The van der Waals surface area contributed by atoms with Crippen LogP contribution in [0, 0.1) is 0 Å². The molecular formula is C6H14MgO2. The summed E-state index contributed by atoms with van der Waals surface area (Å²) in [5.41, 5.74) is 0. The molecule has 0 aliphatic carbocycles. The molecule has 0 rings (SSSR count). The maximum absolute atomic E-state index is 9.71. The van der Waals surface area contributed by atoms with Crippen LogP contribution in [0.25, 0.3) is 0 Å². The van der Waals surface area contributed by atoms with E-state index in [0.717, 1.165) is 25.9 Å². The van der Waals surface area contributed by atoms with Crippen molar-refractivity contribution in [3.63, 3.8) is 0 Å². The van der Waals surface area contributed by atoms with E-state index in [1.165, 1.54) is 0 Å². The van der Waals surface area contributed by atoms with Crippen LogP contribution in [0.15, 0.2) is 0 Å². The number of hydrogen-bond donors (Lipinski definition) is 0. The molecule has 2 nitrogen and oxygen atoms in total. The van der Waals surface area contributed by atoms with E-state index in [9.17, 15) is 4.79 Å². The van der Waals surface area contributed by atoms with Crippen LogP contribution >= 0.6 is 0 Å². The summed E-state index contributed by atoms with van der Waals surface area (Å²) >= 11 is 0. The van der Waals surface area contributed by atoms with Crippen molar-refractivity contribution in [1.82, 2.24) is 0 Å². The second kappa shape index (κ2) is 11.2. The zero-order valence-electron chi connectivity index (χ0n) is 7.93. The minimum Gasteiger partial charge on any atom is -1.00 e. The Labute approximate surface area is 75.1 Å². The van der Waals surface area contributed by atoms with Crippen LogP contribution in [0.3, 0.4) is 0 Å². The molecule has 0 aromatic heterocycles. The molecule has 3 heteroatoms. The molecule has 9 heavy (non-hydrogen) atoms. The van der Waals surface area contributed by atoms with E-state index in [0.29, 0.717) is 6.42 Å². The maximum Gasteiger partial charge on any atom is 2.00 e. The van der Waals surface area contributed by atoms with Crippen molar-refractivity contribution in [2.75, 3.05) is 13.2 Å². The normalized spacial score (nSPS) is 8.11. The molecule has 0 aromatic rings. The first-order valence-corrected chi connectivity index (χ1v) is 2.93. The Bertz CT molecular complexity index is 64.5. The van der Waals surface area contributed by atoms with E-state index in [1.807, 2.05) is 6.92 Å². The van der Waals surface area contributed by atoms with Gasteiger partial charge in [-0.15, -0.1) is 0 Å². The van der Waals surface area contributed by atoms with Gasteiger partial charge in [-0.2, -0.15) is 0 Å². The fourth-order valence-corrected chi connectivity index (χ4v) is 0.413. The van der Waals surface area contributed by atoms with Gasteiger partial charge in [-0.3, -0.25) is 0 Å². The molecule has 0 aromatic carbocycles. The summed E-state index contributed by atoms with van der Waals surface area (Å²) in [7, 11) is 0. The summed E-state index contributed by atoms with van der Waals surface area (Å²) < 4.78 is 4.98. The molecule has 0 saturated carbocycles. The molecule has 0 saturated heterocycles. The summed E-state index contributed by atoms with van der Waals surface area (Å²) in [5.74, 6) is 0. The summed E-state index contributed by atoms with van der Waals surface area (Å²) in [6, 6.07) is 0. The number of carbonyl (C=O) groups is 1. The Balaban J connectivity index is -0.0000000817. The van der Waals surface area contributed by atoms with Crippen LogP contribution in [0.1, 0.15) is 22.6 Å². The molecule has 52 valence electrons. The summed E-state index contributed by atoms with van der Waals surface area (Å²) in [4.78, 5) is 9.71. The minimum atomic E-state index is 0. The molecule has 0 fully saturated rings. The Hall–Kier alpha value is 0.396. The average molecular weight is 142 g/mol. The molecular weight excluding hydrogens is 128 g/mol. The van der Waals surface area contributed by atoms with Gasteiger partial charge in [-0.1, -0.05) is 0 Å². The van der Waals surface area contributed by atoms with E-state index in [-0.39, 0.29) is 25.9 Å². The largest absolute Gasteiger partial charge is 2.00 e. The Kier molecular flexibility index (Phi) is 15.1. The smallest absolute Gasteiger partial charge is 1.00 e. The molecule has 0 N–H and O–H groups in total. The zero-order chi connectivity index (χ0) is 6.24. The molecule has 0 heterocycles. The predicted molar refractivity (Wildman–Crippen MR) is 39.8 cm³/mol. The van der Waals surface area contributed by atoms with Crippen LogP contribution in [0.4, 0.5) is 0 Å². The molecule has 0 atom stereocenters. The van der Waals surface area contributed by atoms with Gasteiger partial charge in [0, 0.05) is 19.6 Å². The van der Waals surface area contributed by atoms with Crippen LogP contribution in [0.5, 0.6) is 0 Å². The van der Waals surface area contributed by atoms with Gasteiger partial charge in [-0.05, 0) is 13.3 Å². The average Bonchev–Trinajstić information content (AvgIpc) is 1.81. The first-order valence-electron chi connectivity index (χ1n) is 2.93. The maximum atomic E-state index is 9.71. The van der Waals surface area contributed by atoms with E-state index in [4.69, 9.17) is 4.74 Å². The van der Waals surface area contributed by atoms with Crippen molar-refractivity contribution in [3.8, 4) is 0 Å². The molecule has 0 amide bonds. The standard InChI is InChI=1S/C6H12O2.Mg.2H/c1-2-8-6-4-3-5-7;;;/h5H,2-4,6H2,1H3;;;/q;+2;2*-1. The molecule has 0 aliphatic heterocycles. The molecule has 0 unspecified atom stereocenters. The zero-order valence-corrected chi connectivity index (χ0v) is 7.34. The van der Waals surface area contributed by atoms with E-state index in [2.05, 4.69) is 0 Å². The van der Waals surface area contributed by atoms with Crippen LogP contribution < -0.4 is 0 Å². The van der Waals surface area contributed by atoms with Gasteiger partial charge >= 0.3 is 23.1 Å². The number of rotatable bonds is 5. The Morgan fingerprint density at radius 3 is 2.78 bits per heavy atom. The first-order chi connectivity index (χ1) is 3.91. The van der Waals surface area contributed by atoms with E-state index < -0.39 is 0 Å². The van der Waals surface area contributed by atoms with Gasteiger partial charge in [0.15, 0.2) is 0 Å². The van der Waals surface area contributed by atoms with Gasteiger partial charge < -0.3 is 12.4 Å². The number of hydrogen-bond acceptors (Lipinski definition) is 2. The summed E-state index contributed by atoms with van der Waals surface area (Å²) in [6.07, 6.45) is 2.40. The van der Waals surface area contributed by atoms with Crippen LogP contribution in [-0.4, -0.2) is 42.6 Å². The second-order valence-corrected chi connectivity index (χ2v) is 1.51. The van der Waals surface area contributed by atoms with Crippen molar-refractivity contribution in [2.24, 2.45) is 0 Å². The fourth-order valence-electron chi connectivity index (χ4n) is 0.413. The number of aldehydes is 1. The number of unbranched alkanes of at least 4 members (excludes halogenated alkanes) is 1. The van der Waals surface area contributed by atoms with Gasteiger partial charge in [0.25, 0.3) is 0 Å². The third kappa shape index (κ3) is 11.8. The summed E-state index contributed by atoms with van der Waals surface area (Å²) in [6.45, 7) is 3.41. The minimum absolute atomic E-state index is 0. The monoisotopic (exact) mass is 142 g/mol. The number of ether oxygens (including phenoxy) is 1. The predicted octanol–water partition coefficient (Wildman–Crippen LogP) is 0.846. The van der Waals surface area contributed by atoms with Crippen molar-refractivity contribution in [1.29, 1.82) is 0 Å². The quantitative estimate of drug-likeness (QED) is 0.323. The van der Waals surface area contributed by atoms with Gasteiger partial charge in [-0.25, -0.2) is 0 Å². The Morgan fingerprint density at radius 2 is 2.33 bits per heavy atom. The second-order valence-electron chi connectivity index (χ2n) is 1.51. The van der Waals surface area contributed by atoms with Crippen LogP contribution in [0.2, 0.25) is 0 Å². The third-order valence-corrected chi connectivity index (χ3v) is 0.815. The van der Waals surface area contributed by atoms with Crippen molar-refractivity contribution >= 4 is 29.3 Å². The molecule has 0 aliphatic rings. The van der Waals surface area contributed by atoms with Crippen LogP contribution in [-0.2, 0) is 9.53 Å². The fraction of sp³-hybridized carbons (Fsp3) is 0.833. The van der Waals surface area contributed by atoms with E-state index in [1.54, 1.807) is 0 Å². The van der Waals surface area contributed by atoms with Gasteiger partial charge in [0.2, 0.25) is 0 Å². The van der Waals surface area contributed by atoms with Crippen molar-refractivity contribution in [3.05, 3.63) is 0 Å². The molecule has 0 spiro atoms. The van der Waals surface area contributed by atoms with E-state index >= 15 is 0 Å². The van der Waals surface area contributed by atoms with Gasteiger partial charge in [0.1, 0.15) is 6.29 Å². The topological polar surface area (TPSA) is 26.3 Å². The van der Waals surface area contributed by atoms with Crippen molar-refractivity contribution in [2.45, 2.75) is 19.8 Å². The van der Waals surface area contributed by atoms with Crippen molar-refractivity contribution < 1.29 is 12.4 Å².